The second-order valence-electron chi connectivity index (χ2n) is 2.92. The van der Waals surface area contributed by atoms with E-state index in [-0.39, 0.29) is 16.1 Å². The summed E-state index contributed by atoms with van der Waals surface area (Å²) in [5, 5.41) is 0.105. The number of alkyl halides is 2. The van der Waals surface area contributed by atoms with Gasteiger partial charge in [-0.05, 0) is 19.1 Å². The van der Waals surface area contributed by atoms with Gasteiger partial charge >= 0.3 is 6.61 Å². The molecule has 0 N–H and O–H groups in total. The van der Waals surface area contributed by atoms with E-state index < -0.39 is 18.1 Å². The highest BCUT2D eigenvalue weighted by Crippen LogP contribution is 2.29. The van der Waals surface area contributed by atoms with Crippen LogP contribution < -0.4 is 4.74 Å². The molecule has 0 saturated heterocycles. The number of halogens is 3. The number of carbonyl (C=O) groups excluding carboxylic acids is 2. The largest absolute Gasteiger partial charge is 0.433 e. The van der Waals surface area contributed by atoms with Crippen LogP contribution in [0, 0.1) is 0 Å². The first-order chi connectivity index (χ1) is 7.45. The van der Waals surface area contributed by atoms with E-state index in [1.54, 1.807) is 0 Å². The van der Waals surface area contributed by atoms with Crippen LogP contribution in [0.4, 0.5) is 8.78 Å². The van der Waals surface area contributed by atoms with Gasteiger partial charge in [-0.3, -0.25) is 9.59 Å². The Hall–Kier alpha value is -1.49. The quantitative estimate of drug-likeness (QED) is 0.608. The summed E-state index contributed by atoms with van der Waals surface area (Å²) in [4.78, 5) is 21.8. The number of hydrogen-bond acceptors (Lipinski definition) is 3. The fraction of sp³-hybridized carbons (Fsp3) is 0.200. The van der Waals surface area contributed by atoms with Crippen LogP contribution in [0.5, 0.6) is 5.75 Å². The molecule has 0 aromatic heterocycles. The van der Waals surface area contributed by atoms with Crippen molar-refractivity contribution in [3.63, 3.8) is 0 Å². The summed E-state index contributed by atoms with van der Waals surface area (Å²) in [6.07, 6.45) is 0.302. The number of carbonyl (C=O) groups is 2. The average molecular weight is 249 g/mol. The molecule has 6 heteroatoms. The van der Waals surface area contributed by atoms with Crippen molar-refractivity contribution in [2.75, 3.05) is 0 Å². The van der Waals surface area contributed by atoms with Gasteiger partial charge in [-0.25, -0.2) is 0 Å². The van der Waals surface area contributed by atoms with Crippen molar-refractivity contribution in [3.05, 3.63) is 28.3 Å². The molecule has 0 aliphatic heterocycles. The van der Waals surface area contributed by atoms with Gasteiger partial charge < -0.3 is 4.74 Å². The highest BCUT2D eigenvalue weighted by Gasteiger charge is 2.18. The SMILES string of the molecule is CC(=O)c1cc(Cl)cc(C=O)c1OC(F)F. The van der Waals surface area contributed by atoms with Crippen LogP contribution in [0.15, 0.2) is 12.1 Å². The van der Waals surface area contributed by atoms with Gasteiger partial charge in [0, 0.05) is 5.02 Å². The second-order valence-corrected chi connectivity index (χ2v) is 3.36. The predicted octanol–water partition coefficient (Wildman–Crippen LogP) is 2.96. The number of Topliss-reactive ketones (excluding diaryl/α,β-unsaturated/α-hetero) is 1. The van der Waals surface area contributed by atoms with E-state index in [0.29, 0.717) is 6.29 Å². The number of ketones is 1. The van der Waals surface area contributed by atoms with Crippen LogP contribution >= 0.6 is 11.6 Å². The van der Waals surface area contributed by atoms with Crippen molar-refractivity contribution in [2.45, 2.75) is 13.5 Å². The Morgan fingerprint density at radius 3 is 2.56 bits per heavy atom. The average Bonchev–Trinajstić information content (AvgIpc) is 2.19. The molecule has 0 unspecified atom stereocenters. The lowest BCUT2D eigenvalue weighted by Gasteiger charge is -2.11. The summed E-state index contributed by atoms with van der Waals surface area (Å²) >= 11 is 5.63. The zero-order valence-electron chi connectivity index (χ0n) is 8.17. The molecule has 1 aromatic carbocycles. The molecule has 16 heavy (non-hydrogen) atoms. The lowest BCUT2D eigenvalue weighted by molar-refractivity contribution is -0.0503. The Balaban J connectivity index is 3.38. The molecule has 1 aromatic rings. The molecule has 0 aliphatic rings. The Labute approximate surface area is 95.0 Å². The first-order valence-electron chi connectivity index (χ1n) is 4.20. The Kier molecular flexibility index (Phi) is 3.95. The molecule has 0 amide bonds. The molecule has 86 valence electrons. The molecule has 0 bridgehead atoms. The summed E-state index contributed by atoms with van der Waals surface area (Å²) in [7, 11) is 0. The van der Waals surface area contributed by atoms with Crippen LogP contribution in [0.3, 0.4) is 0 Å². The van der Waals surface area contributed by atoms with Crippen LogP contribution in [0.25, 0.3) is 0 Å². The minimum Gasteiger partial charge on any atom is -0.433 e. The minimum absolute atomic E-state index is 0.105. The maximum atomic E-state index is 12.1. The summed E-state index contributed by atoms with van der Waals surface area (Å²) in [5.74, 6) is -0.955. The molecule has 0 spiro atoms. The second kappa shape index (κ2) is 5.03. The molecule has 1 rings (SSSR count). The van der Waals surface area contributed by atoms with Gasteiger partial charge in [-0.1, -0.05) is 11.6 Å². The number of benzene rings is 1. The third kappa shape index (κ3) is 2.76. The zero-order chi connectivity index (χ0) is 12.3. The fourth-order valence-electron chi connectivity index (χ4n) is 1.18. The lowest BCUT2D eigenvalue weighted by atomic mass is 10.1. The topological polar surface area (TPSA) is 43.4 Å². The summed E-state index contributed by atoms with van der Waals surface area (Å²) < 4.78 is 28.3. The van der Waals surface area contributed by atoms with Gasteiger partial charge in [0.25, 0.3) is 0 Å². The van der Waals surface area contributed by atoms with Crippen molar-refractivity contribution >= 4 is 23.7 Å². The van der Waals surface area contributed by atoms with Crippen LogP contribution in [-0.2, 0) is 0 Å². The standard InChI is InChI=1S/C10H7ClF2O3/c1-5(15)8-3-7(11)2-6(4-14)9(8)16-10(12)13/h2-4,10H,1H3. The van der Waals surface area contributed by atoms with E-state index >= 15 is 0 Å². The predicted molar refractivity (Wildman–Crippen MR) is 53.5 cm³/mol. The smallest absolute Gasteiger partial charge is 0.387 e. The third-order valence-electron chi connectivity index (χ3n) is 1.80. The van der Waals surface area contributed by atoms with Gasteiger partial charge in [0.2, 0.25) is 0 Å². The zero-order valence-corrected chi connectivity index (χ0v) is 8.92. The van der Waals surface area contributed by atoms with E-state index in [4.69, 9.17) is 11.6 Å². The summed E-state index contributed by atoms with van der Waals surface area (Å²) in [6, 6.07) is 2.33. The molecule has 0 aliphatic carbocycles. The number of ether oxygens (including phenoxy) is 1. The van der Waals surface area contributed by atoms with Crippen molar-refractivity contribution in [2.24, 2.45) is 0 Å². The Bertz CT molecular complexity index is 432. The number of rotatable bonds is 4. The van der Waals surface area contributed by atoms with E-state index in [0.717, 1.165) is 6.07 Å². The first kappa shape index (κ1) is 12.6. The summed E-state index contributed by atoms with van der Waals surface area (Å²) in [6.45, 7) is -1.95. The van der Waals surface area contributed by atoms with Gasteiger partial charge in [0.1, 0.15) is 5.75 Å². The Morgan fingerprint density at radius 1 is 1.50 bits per heavy atom. The van der Waals surface area contributed by atoms with Gasteiger partial charge in [0.05, 0.1) is 11.1 Å². The monoisotopic (exact) mass is 248 g/mol. The first-order valence-corrected chi connectivity index (χ1v) is 4.58. The fourth-order valence-corrected chi connectivity index (χ4v) is 1.41. The number of aldehydes is 1. The molecule has 0 radical (unpaired) electrons. The van der Waals surface area contributed by atoms with E-state index in [1.165, 1.54) is 13.0 Å². The van der Waals surface area contributed by atoms with Crippen molar-refractivity contribution in [1.82, 2.24) is 0 Å². The lowest BCUT2D eigenvalue weighted by Crippen LogP contribution is -2.09. The normalized spacial score (nSPS) is 10.3. The van der Waals surface area contributed by atoms with Crippen molar-refractivity contribution < 1.29 is 23.1 Å². The molecular weight excluding hydrogens is 242 g/mol. The van der Waals surface area contributed by atoms with Crippen LogP contribution in [-0.4, -0.2) is 18.7 Å². The van der Waals surface area contributed by atoms with E-state index in [9.17, 15) is 18.4 Å². The number of hydrogen-bond donors (Lipinski definition) is 0. The maximum absolute atomic E-state index is 12.1. The molecule has 0 fully saturated rings. The Morgan fingerprint density at radius 2 is 2.12 bits per heavy atom. The van der Waals surface area contributed by atoms with Gasteiger partial charge in [-0.2, -0.15) is 8.78 Å². The van der Waals surface area contributed by atoms with Crippen molar-refractivity contribution in [1.29, 1.82) is 0 Å². The maximum Gasteiger partial charge on any atom is 0.387 e. The third-order valence-corrected chi connectivity index (χ3v) is 2.01. The minimum atomic E-state index is -3.11. The van der Waals surface area contributed by atoms with Gasteiger partial charge in [-0.15, -0.1) is 0 Å². The van der Waals surface area contributed by atoms with Gasteiger partial charge in [0.15, 0.2) is 12.1 Å². The molecule has 3 nitrogen and oxygen atoms in total. The molecule has 0 saturated carbocycles. The highest BCUT2D eigenvalue weighted by molar-refractivity contribution is 6.31. The van der Waals surface area contributed by atoms with E-state index in [2.05, 4.69) is 4.74 Å². The molecule has 0 heterocycles. The molecular formula is C10H7ClF2O3. The molecule has 0 atom stereocenters. The van der Waals surface area contributed by atoms with Crippen molar-refractivity contribution in [3.8, 4) is 5.75 Å². The van der Waals surface area contributed by atoms with E-state index in [1.807, 2.05) is 0 Å². The van der Waals surface area contributed by atoms with Crippen LogP contribution in [0.2, 0.25) is 5.02 Å². The highest BCUT2D eigenvalue weighted by atomic mass is 35.5. The summed E-state index contributed by atoms with van der Waals surface area (Å²) in [5.41, 5.74) is -0.326. The van der Waals surface area contributed by atoms with Crippen LogP contribution in [0.1, 0.15) is 27.6 Å².